The number of carbonyl (C=O) groups is 1. The number of aromatic nitrogens is 1. The third-order valence-electron chi connectivity index (χ3n) is 4.54. The van der Waals surface area contributed by atoms with Crippen LogP contribution < -0.4 is 9.47 Å². The van der Waals surface area contributed by atoms with Crippen molar-refractivity contribution in [2.45, 2.75) is 12.5 Å². The first-order valence-corrected chi connectivity index (χ1v) is 8.20. The van der Waals surface area contributed by atoms with Crippen LogP contribution in [-0.4, -0.2) is 54.3 Å². The van der Waals surface area contributed by atoms with Gasteiger partial charge in [-0.3, -0.25) is 9.78 Å². The lowest BCUT2D eigenvalue weighted by Gasteiger charge is -2.17. The van der Waals surface area contributed by atoms with E-state index >= 15 is 0 Å². The molecule has 0 aliphatic carbocycles. The maximum Gasteiger partial charge on any atom is 0.254 e. The Hall–Kier alpha value is -2.60. The molecule has 2 atom stereocenters. The van der Waals surface area contributed by atoms with Gasteiger partial charge < -0.3 is 19.5 Å². The Labute approximate surface area is 147 Å². The fourth-order valence-corrected chi connectivity index (χ4v) is 3.16. The number of aliphatic hydroxyl groups is 1. The Morgan fingerprint density at radius 1 is 1.16 bits per heavy atom. The number of hydrogen-bond acceptors (Lipinski definition) is 5. The van der Waals surface area contributed by atoms with Crippen molar-refractivity contribution in [3.05, 3.63) is 53.9 Å². The summed E-state index contributed by atoms with van der Waals surface area (Å²) in [5.74, 6) is 1.01. The largest absolute Gasteiger partial charge is 0.497 e. The van der Waals surface area contributed by atoms with Gasteiger partial charge in [0.15, 0.2) is 0 Å². The zero-order chi connectivity index (χ0) is 17.8. The van der Waals surface area contributed by atoms with Crippen molar-refractivity contribution in [2.75, 3.05) is 27.3 Å². The van der Waals surface area contributed by atoms with Gasteiger partial charge in [0.2, 0.25) is 0 Å². The summed E-state index contributed by atoms with van der Waals surface area (Å²) < 4.78 is 10.5. The number of amides is 1. The van der Waals surface area contributed by atoms with Gasteiger partial charge in [-0.1, -0.05) is 0 Å². The molecule has 6 heteroatoms. The van der Waals surface area contributed by atoms with E-state index in [2.05, 4.69) is 4.98 Å². The van der Waals surface area contributed by atoms with Crippen LogP contribution in [0.25, 0.3) is 0 Å². The molecule has 0 unspecified atom stereocenters. The number of methoxy groups -OCH3 is 2. The number of pyridine rings is 1. The van der Waals surface area contributed by atoms with Crippen molar-refractivity contribution in [3.63, 3.8) is 0 Å². The maximum absolute atomic E-state index is 12.8. The molecule has 3 rings (SSSR count). The first kappa shape index (κ1) is 17.2. The summed E-state index contributed by atoms with van der Waals surface area (Å²) in [5, 5.41) is 10.4. The minimum absolute atomic E-state index is 0.0128. The normalized spacial score (nSPS) is 19.7. The molecule has 1 aliphatic rings. The van der Waals surface area contributed by atoms with Crippen molar-refractivity contribution >= 4 is 5.91 Å². The van der Waals surface area contributed by atoms with E-state index < -0.39 is 6.10 Å². The summed E-state index contributed by atoms with van der Waals surface area (Å²) in [6.07, 6.45) is 3.66. The second kappa shape index (κ2) is 7.53. The first-order valence-electron chi connectivity index (χ1n) is 8.20. The standard InChI is InChI=1S/C19H22N2O4/c1-24-16-8-14(9-17(10-16)25-2)19(23)21-11-15(18(22)12-21)7-13-3-5-20-6-4-13/h3-6,8-10,15,18,22H,7,11-12H2,1-2H3/t15-,18-/m1/s1. The van der Waals surface area contributed by atoms with Gasteiger partial charge in [0.25, 0.3) is 5.91 Å². The molecule has 1 amide bonds. The number of hydrogen-bond donors (Lipinski definition) is 1. The van der Waals surface area contributed by atoms with E-state index in [1.807, 2.05) is 12.1 Å². The molecule has 1 saturated heterocycles. The molecule has 25 heavy (non-hydrogen) atoms. The van der Waals surface area contributed by atoms with E-state index in [-0.39, 0.29) is 11.8 Å². The molecular formula is C19H22N2O4. The Balaban J connectivity index is 1.73. The number of benzene rings is 1. The van der Waals surface area contributed by atoms with Crippen molar-refractivity contribution in [1.29, 1.82) is 0 Å². The van der Waals surface area contributed by atoms with E-state index in [1.165, 1.54) is 0 Å². The van der Waals surface area contributed by atoms with Gasteiger partial charge in [-0.15, -0.1) is 0 Å². The van der Waals surface area contributed by atoms with Crippen molar-refractivity contribution in [2.24, 2.45) is 5.92 Å². The van der Waals surface area contributed by atoms with Gasteiger partial charge in [0.1, 0.15) is 11.5 Å². The van der Waals surface area contributed by atoms with Crippen LogP contribution >= 0.6 is 0 Å². The molecule has 2 aromatic rings. The fourth-order valence-electron chi connectivity index (χ4n) is 3.16. The fraction of sp³-hybridized carbons (Fsp3) is 0.368. The number of nitrogens with zero attached hydrogens (tertiary/aromatic N) is 2. The van der Waals surface area contributed by atoms with Crippen LogP contribution in [0.3, 0.4) is 0 Å². The second-order valence-electron chi connectivity index (χ2n) is 6.20. The van der Waals surface area contributed by atoms with Crippen molar-refractivity contribution < 1.29 is 19.4 Å². The molecule has 1 aliphatic heterocycles. The highest BCUT2D eigenvalue weighted by Crippen LogP contribution is 2.27. The zero-order valence-corrected chi connectivity index (χ0v) is 14.4. The van der Waals surface area contributed by atoms with Crippen LogP contribution in [-0.2, 0) is 6.42 Å². The number of aliphatic hydroxyl groups excluding tert-OH is 1. The molecule has 1 N–H and O–H groups in total. The SMILES string of the molecule is COc1cc(OC)cc(C(=O)N2C[C@@H](Cc3ccncc3)[C@H](O)C2)c1. The number of rotatable bonds is 5. The Kier molecular flexibility index (Phi) is 5.19. The average Bonchev–Trinajstić information content (AvgIpc) is 3.01. The van der Waals surface area contributed by atoms with Gasteiger partial charge in [-0.05, 0) is 36.2 Å². The molecule has 0 saturated carbocycles. The summed E-state index contributed by atoms with van der Waals surface area (Å²) in [5.41, 5.74) is 1.60. The molecule has 0 spiro atoms. The Morgan fingerprint density at radius 3 is 2.40 bits per heavy atom. The molecule has 1 fully saturated rings. The van der Waals surface area contributed by atoms with Crippen molar-refractivity contribution in [1.82, 2.24) is 9.88 Å². The molecule has 6 nitrogen and oxygen atoms in total. The van der Waals surface area contributed by atoms with Gasteiger partial charge in [0.05, 0.1) is 20.3 Å². The minimum Gasteiger partial charge on any atom is -0.497 e. The predicted molar refractivity (Wildman–Crippen MR) is 92.9 cm³/mol. The Bertz CT molecular complexity index is 713. The van der Waals surface area contributed by atoms with E-state index in [0.717, 1.165) is 12.0 Å². The first-order chi connectivity index (χ1) is 12.1. The van der Waals surface area contributed by atoms with E-state index in [0.29, 0.717) is 30.2 Å². The lowest BCUT2D eigenvalue weighted by atomic mass is 9.97. The van der Waals surface area contributed by atoms with E-state index in [9.17, 15) is 9.90 Å². The molecule has 2 heterocycles. The van der Waals surface area contributed by atoms with Gasteiger partial charge in [-0.2, -0.15) is 0 Å². The van der Waals surface area contributed by atoms with Crippen LogP contribution in [0.4, 0.5) is 0 Å². The van der Waals surface area contributed by atoms with E-state index in [1.54, 1.807) is 49.7 Å². The number of ether oxygens (including phenoxy) is 2. The lowest BCUT2D eigenvalue weighted by molar-refractivity contribution is 0.0764. The molecule has 1 aromatic carbocycles. The van der Waals surface area contributed by atoms with Crippen LogP contribution in [0, 0.1) is 5.92 Å². The van der Waals surface area contributed by atoms with Crippen LogP contribution in [0.5, 0.6) is 11.5 Å². The predicted octanol–water partition coefficient (Wildman–Crippen LogP) is 1.77. The van der Waals surface area contributed by atoms with Crippen LogP contribution in [0.15, 0.2) is 42.7 Å². The highest BCUT2D eigenvalue weighted by Gasteiger charge is 2.34. The maximum atomic E-state index is 12.8. The molecule has 0 bridgehead atoms. The van der Waals surface area contributed by atoms with E-state index in [4.69, 9.17) is 9.47 Å². The number of likely N-dealkylation sites (tertiary alicyclic amines) is 1. The van der Waals surface area contributed by atoms with Crippen molar-refractivity contribution in [3.8, 4) is 11.5 Å². The second-order valence-corrected chi connectivity index (χ2v) is 6.20. The van der Waals surface area contributed by atoms with Gasteiger partial charge in [-0.25, -0.2) is 0 Å². The third-order valence-corrected chi connectivity index (χ3v) is 4.54. The topological polar surface area (TPSA) is 71.9 Å². The molecular weight excluding hydrogens is 320 g/mol. The average molecular weight is 342 g/mol. The summed E-state index contributed by atoms with van der Waals surface area (Å²) >= 11 is 0. The highest BCUT2D eigenvalue weighted by molar-refractivity contribution is 5.95. The smallest absolute Gasteiger partial charge is 0.254 e. The number of β-amino-alcohol motifs (C(OH)–C–C–N with tert-alkyl or cyclic N) is 1. The third kappa shape index (κ3) is 3.91. The highest BCUT2D eigenvalue weighted by atomic mass is 16.5. The summed E-state index contributed by atoms with van der Waals surface area (Å²) in [6, 6.07) is 8.97. The summed E-state index contributed by atoms with van der Waals surface area (Å²) in [4.78, 5) is 18.5. The molecule has 0 radical (unpaired) electrons. The summed E-state index contributed by atoms with van der Waals surface area (Å²) in [6.45, 7) is 0.843. The van der Waals surface area contributed by atoms with Crippen LogP contribution in [0.1, 0.15) is 15.9 Å². The summed E-state index contributed by atoms with van der Waals surface area (Å²) in [7, 11) is 3.10. The monoisotopic (exact) mass is 342 g/mol. The zero-order valence-electron chi connectivity index (χ0n) is 14.4. The Morgan fingerprint density at radius 2 is 1.80 bits per heavy atom. The quantitative estimate of drug-likeness (QED) is 0.897. The molecule has 1 aromatic heterocycles. The lowest BCUT2D eigenvalue weighted by Crippen LogP contribution is -2.29. The van der Waals surface area contributed by atoms with Gasteiger partial charge in [0, 0.05) is 43.0 Å². The minimum atomic E-state index is -0.537. The van der Waals surface area contributed by atoms with Gasteiger partial charge >= 0.3 is 0 Å². The van der Waals surface area contributed by atoms with Crippen LogP contribution in [0.2, 0.25) is 0 Å². The molecule has 132 valence electrons. The number of carbonyl (C=O) groups excluding carboxylic acids is 1.